The van der Waals surface area contributed by atoms with Gasteiger partial charge in [-0.05, 0) is 66.6 Å². The number of nitrogens with one attached hydrogen (secondary N) is 1. The zero-order valence-electron chi connectivity index (χ0n) is 22.3. The summed E-state index contributed by atoms with van der Waals surface area (Å²) in [4.78, 5) is 50.3. The molecule has 3 aromatic carbocycles. The van der Waals surface area contributed by atoms with Crippen LogP contribution < -0.4 is 5.32 Å². The van der Waals surface area contributed by atoms with Gasteiger partial charge in [-0.3, -0.25) is 14.4 Å². The molecule has 0 saturated carbocycles. The van der Waals surface area contributed by atoms with Crippen LogP contribution in [0.15, 0.2) is 90.8 Å². The fourth-order valence-corrected chi connectivity index (χ4v) is 4.28. The largest absolute Gasteiger partial charge is 0.495 e. The first-order valence-corrected chi connectivity index (χ1v) is 12.6. The van der Waals surface area contributed by atoms with Crippen molar-refractivity contribution in [1.29, 1.82) is 0 Å². The van der Waals surface area contributed by atoms with Crippen LogP contribution in [0, 0.1) is 0 Å². The van der Waals surface area contributed by atoms with Crippen LogP contribution in [-0.2, 0) is 20.7 Å². The van der Waals surface area contributed by atoms with Crippen LogP contribution in [0.25, 0.3) is 5.57 Å². The van der Waals surface area contributed by atoms with E-state index in [1.165, 1.54) is 44.4 Å². The molecule has 0 bridgehead atoms. The Hall–Kier alpha value is -4.69. The molecule has 1 atom stereocenters. The second-order valence-electron chi connectivity index (χ2n) is 8.90. The number of carbonyl (C=O) groups excluding carboxylic acids is 3. The summed E-state index contributed by atoms with van der Waals surface area (Å²) < 4.78 is 5.65. The fraction of sp³-hybridized carbons (Fsp3) is 0.161. The van der Waals surface area contributed by atoms with Crippen molar-refractivity contribution in [1.82, 2.24) is 4.90 Å². The normalized spacial score (nSPS) is 12.3. The Labute approximate surface area is 237 Å². The Kier molecular flexibility index (Phi) is 10.4. The number of methoxy groups -OCH3 is 1. The van der Waals surface area contributed by atoms with E-state index in [0.717, 1.165) is 5.56 Å². The van der Waals surface area contributed by atoms with Gasteiger partial charge in [-0.15, -0.1) is 0 Å². The van der Waals surface area contributed by atoms with Gasteiger partial charge >= 0.3 is 5.97 Å². The number of nitrogens with zero attached hydrogens (tertiary/aromatic N) is 1. The standard InChI is InChI=1S/C31H29ClN2O6/c1-20(36)25-14-11-23(32)18-27(25)26(15-16-35)29(40-3)19-34(2)28(17-21-7-5-4-6-8-21)30(37)33-24-12-9-22(10-13-24)31(38)39/h4-16,18-19,28H,17H2,1-3H3,(H,33,37)(H,38,39)/b26-15-,29-19+. The van der Waals surface area contributed by atoms with Gasteiger partial charge in [0.25, 0.3) is 0 Å². The number of hydrogen-bond acceptors (Lipinski definition) is 6. The third-order valence-corrected chi connectivity index (χ3v) is 6.39. The highest BCUT2D eigenvalue weighted by Crippen LogP contribution is 2.30. The quantitative estimate of drug-likeness (QED) is 0.0989. The van der Waals surface area contributed by atoms with Gasteiger partial charge in [0.15, 0.2) is 5.78 Å². The topological polar surface area (TPSA) is 113 Å². The monoisotopic (exact) mass is 560 g/mol. The maximum absolute atomic E-state index is 13.5. The van der Waals surface area contributed by atoms with E-state index >= 15 is 0 Å². The van der Waals surface area contributed by atoms with E-state index in [0.29, 0.717) is 40.1 Å². The molecule has 0 fully saturated rings. The molecule has 0 aliphatic heterocycles. The van der Waals surface area contributed by atoms with Crippen molar-refractivity contribution >= 4 is 46.8 Å². The van der Waals surface area contributed by atoms with Crippen molar-refractivity contribution in [2.75, 3.05) is 19.5 Å². The lowest BCUT2D eigenvalue weighted by Gasteiger charge is -2.27. The molecule has 3 rings (SSSR count). The lowest BCUT2D eigenvalue weighted by molar-refractivity contribution is -0.120. The number of ketones is 1. The predicted molar refractivity (Wildman–Crippen MR) is 154 cm³/mol. The van der Waals surface area contributed by atoms with Crippen molar-refractivity contribution in [2.45, 2.75) is 19.4 Å². The molecule has 0 aliphatic rings. The number of amides is 1. The van der Waals surface area contributed by atoms with Crippen molar-refractivity contribution < 1.29 is 29.0 Å². The summed E-state index contributed by atoms with van der Waals surface area (Å²) in [5.74, 6) is -1.41. The van der Waals surface area contributed by atoms with E-state index in [2.05, 4.69) is 5.32 Å². The number of carbonyl (C=O) groups is 4. The molecular formula is C31H29ClN2O6. The highest BCUT2D eigenvalue weighted by molar-refractivity contribution is 6.31. The van der Waals surface area contributed by atoms with Crippen molar-refractivity contribution in [2.24, 2.45) is 0 Å². The number of halogens is 1. The molecule has 3 aromatic rings. The molecule has 1 amide bonds. The SMILES string of the molecule is COC(=C/N(C)C(Cc1ccccc1)C(=O)Nc1ccc(C(=O)O)cc1)/C(=C\C=O)c1cc(Cl)ccc1C(C)=O. The molecule has 0 radical (unpaired) electrons. The van der Waals surface area contributed by atoms with E-state index in [4.69, 9.17) is 21.4 Å². The van der Waals surface area contributed by atoms with Crippen molar-refractivity contribution in [3.05, 3.63) is 118 Å². The summed E-state index contributed by atoms with van der Waals surface area (Å²) in [6.07, 6.45) is 3.77. The second kappa shape index (κ2) is 13.9. The summed E-state index contributed by atoms with van der Waals surface area (Å²) in [5, 5.41) is 12.4. The molecule has 0 aliphatic carbocycles. The first-order valence-electron chi connectivity index (χ1n) is 12.3. The lowest BCUT2D eigenvalue weighted by Crippen LogP contribution is -2.41. The average Bonchev–Trinajstić information content (AvgIpc) is 2.94. The van der Waals surface area contributed by atoms with Gasteiger partial charge in [-0.25, -0.2) is 4.79 Å². The Morgan fingerprint density at radius 1 is 1.02 bits per heavy atom. The lowest BCUT2D eigenvalue weighted by atomic mass is 9.95. The molecule has 2 N–H and O–H groups in total. The van der Waals surface area contributed by atoms with E-state index < -0.39 is 12.0 Å². The van der Waals surface area contributed by atoms with E-state index in [1.54, 1.807) is 36.3 Å². The predicted octanol–water partition coefficient (Wildman–Crippen LogP) is 5.49. The summed E-state index contributed by atoms with van der Waals surface area (Å²) in [6.45, 7) is 1.41. The average molecular weight is 561 g/mol. The first kappa shape index (κ1) is 29.9. The molecule has 0 saturated heterocycles. The number of hydrogen-bond donors (Lipinski definition) is 2. The van der Waals surface area contributed by atoms with Gasteiger partial charge in [0, 0.05) is 41.5 Å². The third-order valence-electron chi connectivity index (χ3n) is 6.16. The maximum Gasteiger partial charge on any atom is 0.335 e. The minimum Gasteiger partial charge on any atom is -0.495 e. The molecule has 0 spiro atoms. The Morgan fingerprint density at radius 2 is 1.70 bits per heavy atom. The number of ether oxygens (including phenoxy) is 1. The Morgan fingerprint density at radius 3 is 2.27 bits per heavy atom. The Balaban J connectivity index is 2.01. The van der Waals surface area contributed by atoms with Crippen molar-refractivity contribution in [3.63, 3.8) is 0 Å². The molecule has 0 heterocycles. The number of likely N-dealkylation sites (N-methyl/N-ethyl adjacent to an activating group) is 1. The minimum atomic E-state index is -1.07. The molecule has 8 nitrogen and oxygen atoms in total. The van der Waals surface area contributed by atoms with Gasteiger partial charge in [-0.2, -0.15) is 0 Å². The summed E-state index contributed by atoms with van der Waals surface area (Å²) in [6, 6.07) is 19.3. The highest BCUT2D eigenvalue weighted by atomic mass is 35.5. The first-order chi connectivity index (χ1) is 19.1. The van der Waals surface area contributed by atoms with Crippen LogP contribution in [0.1, 0.15) is 38.8 Å². The molecule has 9 heteroatoms. The van der Waals surface area contributed by atoms with E-state index in [9.17, 15) is 19.2 Å². The zero-order valence-corrected chi connectivity index (χ0v) is 23.0. The van der Waals surface area contributed by atoms with Crippen LogP contribution in [0.2, 0.25) is 5.02 Å². The molecule has 1 unspecified atom stereocenters. The number of benzene rings is 3. The van der Waals surface area contributed by atoms with Gasteiger partial charge in [0.2, 0.25) is 5.91 Å². The van der Waals surface area contributed by atoms with Crippen LogP contribution in [-0.4, -0.2) is 54.2 Å². The van der Waals surface area contributed by atoms with E-state index in [-0.39, 0.29) is 23.0 Å². The number of aromatic carboxylic acids is 1. The second-order valence-corrected chi connectivity index (χ2v) is 9.34. The molecule has 206 valence electrons. The highest BCUT2D eigenvalue weighted by Gasteiger charge is 2.25. The fourth-order valence-electron chi connectivity index (χ4n) is 4.11. The van der Waals surface area contributed by atoms with E-state index in [1.807, 2.05) is 30.3 Å². The number of carboxylic acid groups (broad SMARTS) is 1. The number of rotatable bonds is 12. The molecular weight excluding hydrogens is 532 g/mol. The summed E-state index contributed by atoms with van der Waals surface area (Å²) in [5.41, 5.74) is 2.52. The van der Waals surface area contributed by atoms with Gasteiger partial charge in [0.05, 0.1) is 12.7 Å². The number of Topliss-reactive ketones (excluding diaryl/α,β-unsaturated/α-hetero) is 1. The number of allylic oxidation sites excluding steroid dienone is 2. The third kappa shape index (κ3) is 7.68. The summed E-state index contributed by atoms with van der Waals surface area (Å²) in [7, 11) is 3.12. The number of anilines is 1. The van der Waals surface area contributed by atoms with Crippen LogP contribution in [0.3, 0.4) is 0 Å². The smallest absolute Gasteiger partial charge is 0.335 e. The van der Waals surface area contributed by atoms with Crippen molar-refractivity contribution in [3.8, 4) is 0 Å². The van der Waals surface area contributed by atoms with Gasteiger partial charge in [-0.1, -0.05) is 41.9 Å². The van der Waals surface area contributed by atoms with Crippen LogP contribution >= 0.6 is 11.6 Å². The van der Waals surface area contributed by atoms with Crippen LogP contribution in [0.5, 0.6) is 0 Å². The molecule has 40 heavy (non-hydrogen) atoms. The minimum absolute atomic E-state index is 0.101. The number of aldehydes is 1. The van der Waals surface area contributed by atoms with Crippen LogP contribution in [0.4, 0.5) is 5.69 Å². The Bertz CT molecular complexity index is 1450. The zero-order chi connectivity index (χ0) is 29.2. The number of carboxylic acids is 1. The van der Waals surface area contributed by atoms with Gasteiger partial charge < -0.3 is 20.1 Å². The molecule has 0 aromatic heterocycles. The van der Waals surface area contributed by atoms with Gasteiger partial charge in [0.1, 0.15) is 18.1 Å². The summed E-state index contributed by atoms with van der Waals surface area (Å²) >= 11 is 6.22. The maximum atomic E-state index is 13.5.